The van der Waals surface area contributed by atoms with E-state index in [1.165, 1.54) is 18.3 Å². The predicted octanol–water partition coefficient (Wildman–Crippen LogP) is 4.71. The summed E-state index contributed by atoms with van der Waals surface area (Å²) in [7, 11) is 0. The first-order valence-corrected chi connectivity index (χ1v) is 7.50. The van der Waals surface area contributed by atoms with Crippen molar-refractivity contribution in [3.63, 3.8) is 0 Å². The molecule has 138 valence electrons. The van der Waals surface area contributed by atoms with E-state index in [0.717, 1.165) is 12.1 Å². The van der Waals surface area contributed by atoms with Crippen LogP contribution >= 0.6 is 0 Å². The van der Waals surface area contributed by atoms with Gasteiger partial charge in [-0.05, 0) is 36.4 Å². The van der Waals surface area contributed by atoms with E-state index >= 15 is 0 Å². The van der Waals surface area contributed by atoms with Gasteiger partial charge in [0.05, 0.1) is 16.7 Å². The first-order chi connectivity index (χ1) is 12.8. The Morgan fingerprint density at radius 2 is 1.85 bits per heavy atom. The van der Waals surface area contributed by atoms with Crippen LogP contribution in [0.3, 0.4) is 0 Å². The van der Waals surface area contributed by atoms with Gasteiger partial charge in [0.2, 0.25) is 0 Å². The number of non-ortho nitro benzene ring substituents is 1. The minimum Gasteiger partial charge on any atom is -0.455 e. The molecule has 3 rings (SSSR count). The molecule has 2 aromatic heterocycles. The van der Waals surface area contributed by atoms with Gasteiger partial charge >= 0.3 is 6.18 Å². The fourth-order valence-corrected chi connectivity index (χ4v) is 2.11. The highest BCUT2D eigenvalue weighted by Crippen LogP contribution is 2.29. The van der Waals surface area contributed by atoms with Crippen molar-refractivity contribution < 1.29 is 22.5 Å². The van der Waals surface area contributed by atoms with Gasteiger partial charge in [0.25, 0.3) is 5.69 Å². The van der Waals surface area contributed by atoms with Crippen molar-refractivity contribution in [2.24, 2.45) is 5.10 Å². The van der Waals surface area contributed by atoms with Crippen molar-refractivity contribution in [1.29, 1.82) is 0 Å². The van der Waals surface area contributed by atoms with Gasteiger partial charge in [0.15, 0.2) is 0 Å². The largest absolute Gasteiger partial charge is 0.455 e. The topological polar surface area (TPSA) is 93.6 Å². The Labute approximate surface area is 150 Å². The number of hydrazone groups is 1. The van der Waals surface area contributed by atoms with Gasteiger partial charge in [-0.3, -0.25) is 15.5 Å². The number of benzene rings is 1. The molecule has 1 aromatic carbocycles. The maximum absolute atomic E-state index is 12.5. The zero-order valence-corrected chi connectivity index (χ0v) is 13.5. The molecule has 0 fully saturated rings. The van der Waals surface area contributed by atoms with Crippen molar-refractivity contribution >= 4 is 17.7 Å². The maximum Gasteiger partial charge on any atom is 0.417 e. The highest BCUT2D eigenvalue weighted by molar-refractivity contribution is 5.78. The van der Waals surface area contributed by atoms with Crippen molar-refractivity contribution in [2.75, 3.05) is 5.43 Å². The molecule has 0 unspecified atom stereocenters. The lowest BCUT2D eigenvalue weighted by molar-refractivity contribution is -0.384. The van der Waals surface area contributed by atoms with Gasteiger partial charge in [0.1, 0.15) is 17.3 Å². The van der Waals surface area contributed by atoms with Crippen LogP contribution in [0.5, 0.6) is 0 Å². The molecule has 0 aliphatic rings. The summed E-state index contributed by atoms with van der Waals surface area (Å²) in [6.45, 7) is 0. The molecule has 7 nitrogen and oxygen atoms in total. The summed E-state index contributed by atoms with van der Waals surface area (Å²) >= 11 is 0. The number of alkyl halides is 3. The summed E-state index contributed by atoms with van der Waals surface area (Å²) in [5, 5.41) is 14.5. The van der Waals surface area contributed by atoms with E-state index in [1.54, 1.807) is 24.3 Å². The summed E-state index contributed by atoms with van der Waals surface area (Å²) in [4.78, 5) is 13.8. The molecule has 0 amide bonds. The summed E-state index contributed by atoms with van der Waals surface area (Å²) in [6, 6.07) is 11.2. The predicted molar refractivity (Wildman–Crippen MR) is 91.3 cm³/mol. The third-order valence-corrected chi connectivity index (χ3v) is 3.45. The summed E-state index contributed by atoms with van der Waals surface area (Å²) in [6.07, 6.45) is -2.41. The zero-order valence-electron chi connectivity index (χ0n) is 13.5. The van der Waals surface area contributed by atoms with Gasteiger partial charge < -0.3 is 4.42 Å². The lowest BCUT2D eigenvalue weighted by atomic mass is 10.1. The Kier molecular flexibility index (Phi) is 4.88. The number of pyridine rings is 1. The van der Waals surface area contributed by atoms with Crippen LogP contribution in [0.1, 0.15) is 11.3 Å². The minimum absolute atomic E-state index is 0.0275. The highest BCUT2D eigenvalue weighted by Gasteiger charge is 2.30. The van der Waals surface area contributed by atoms with Crippen LogP contribution in [0.4, 0.5) is 24.7 Å². The number of nitro groups is 1. The molecule has 2 heterocycles. The summed E-state index contributed by atoms with van der Waals surface area (Å²) in [5.41, 5.74) is 2.27. The second kappa shape index (κ2) is 7.28. The van der Waals surface area contributed by atoms with Crippen molar-refractivity contribution in [1.82, 2.24) is 4.98 Å². The van der Waals surface area contributed by atoms with Crippen LogP contribution in [0.25, 0.3) is 11.3 Å². The number of halogens is 3. The highest BCUT2D eigenvalue weighted by atomic mass is 19.4. The van der Waals surface area contributed by atoms with E-state index in [1.807, 2.05) is 0 Å². The Bertz CT molecular complexity index is 964. The Hall–Kier alpha value is -3.69. The molecule has 10 heteroatoms. The smallest absolute Gasteiger partial charge is 0.417 e. The van der Waals surface area contributed by atoms with E-state index in [9.17, 15) is 23.3 Å². The number of aromatic nitrogens is 1. The molecule has 0 bridgehead atoms. The van der Waals surface area contributed by atoms with Crippen LogP contribution < -0.4 is 5.43 Å². The quantitative estimate of drug-likeness (QED) is 0.395. The molecule has 0 aliphatic heterocycles. The summed E-state index contributed by atoms with van der Waals surface area (Å²) in [5.74, 6) is 1.00. The lowest BCUT2D eigenvalue weighted by Crippen LogP contribution is -2.05. The number of anilines is 1. The number of rotatable bonds is 5. The van der Waals surface area contributed by atoms with Crippen LogP contribution in [0.15, 0.2) is 64.2 Å². The van der Waals surface area contributed by atoms with Crippen molar-refractivity contribution in [3.8, 4) is 11.3 Å². The van der Waals surface area contributed by atoms with Crippen molar-refractivity contribution in [2.45, 2.75) is 6.18 Å². The van der Waals surface area contributed by atoms with E-state index in [0.29, 0.717) is 23.3 Å². The van der Waals surface area contributed by atoms with E-state index in [2.05, 4.69) is 15.5 Å². The lowest BCUT2D eigenvalue weighted by Gasteiger charge is -2.06. The maximum atomic E-state index is 12.5. The minimum atomic E-state index is -4.45. The van der Waals surface area contributed by atoms with Crippen LogP contribution in [-0.2, 0) is 6.18 Å². The second-order valence-corrected chi connectivity index (χ2v) is 5.31. The Balaban J connectivity index is 1.64. The van der Waals surface area contributed by atoms with Gasteiger partial charge in [-0.25, -0.2) is 4.98 Å². The SMILES string of the molecule is O=[N+]([O-])c1ccc(-c2ccc(C=NNc3ccc(C(F)(F)F)cn3)o2)cc1. The van der Waals surface area contributed by atoms with Gasteiger partial charge in [-0.2, -0.15) is 18.3 Å². The third-order valence-electron chi connectivity index (χ3n) is 3.45. The average molecular weight is 376 g/mol. The fourth-order valence-electron chi connectivity index (χ4n) is 2.11. The van der Waals surface area contributed by atoms with E-state index < -0.39 is 16.7 Å². The van der Waals surface area contributed by atoms with Gasteiger partial charge in [-0.1, -0.05) is 0 Å². The van der Waals surface area contributed by atoms with Crippen LogP contribution in [0.2, 0.25) is 0 Å². The molecule has 1 N–H and O–H groups in total. The molecule has 3 aromatic rings. The molecular formula is C17H11F3N4O3. The number of furan rings is 1. The van der Waals surface area contributed by atoms with Crippen LogP contribution in [0, 0.1) is 10.1 Å². The molecular weight excluding hydrogens is 365 g/mol. The van der Waals surface area contributed by atoms with E-state index in [-0.39, 0.29) is 11.5 Å². The molecule has 0 spiro atoms. The fraction of sp³-hybridized carbons (Fsp3) is 0.0588. The molecule has 0 saturated heterocycles. The molecule has 0 aliphatic carbocycles. The molecule has 0 saturated carbocycles. The summed E-state index contributed by atoms with van der Waals surface area (Å²) < 4.78 is 42.9. The molecule has 27 heavy (non-hydrogen) atoms. The van der Waals surface area contributed by atoms with Gasteiger partial charge in [-0.15, -0.1) is 0 Å². The normalized spacial score (nSPS) is 11.7. The number of nitrogens with one attached hydrogen (secondary N) is 1. The number of nitro benzene ring substituents is 1. The first-order valence-electron chi connectivity index (χ1n) is 7.50. The number of nitrogens with zero attached hydrogens (tertiary/aromatic N) is 3. The molecule has 0 atom stereocenters. The Morgan fingerprint density at radius 1 is 1.11 bits per heavy atom. The van der Waals surface area contributed by atoms with E-state index in [4.69, 9.17) is 4.42 Å². The van der Waals surface area contributed by atoms with Gasteiger partial charge in [0, 0.05) is 23.9 Å². The van der Waals surface area contributed by atoms with Crippen LogP contribution in [-0.4, -0.2) is 16.1 Å². The second-order valence-electron chi connectivity index (χ2n) is 5.31. The number of hydrogen-bond acceptors (Lipinski definition) is 6. The Morgan fingerprint density at radius 3 is 2.44 bits per heavy atom. The zero-order chi connectivity index (χ0) is 19.4. The van der Waals surface area contributed by atoms with Crippen molar-refractivity contribution in [3.05, 3.63) is 76.2 Å². The monoisotopic (exact) mass is 376 g/mol. The average Bonchev–Trinajstić information content (AvgIpc) is 3.10. The third kappa shape index (κ3) is 4.48. The number of hydrogen-bond donors (Lipinski definition) is 1. The standard InChI is InChI=1S/C17H11F3N4O3/c18-17(19,20)12-3-8-16(21-9-12)23-22-10-14-6-7-15(27-14)11-1-4-13(5-2-11)24(25)26/h1-10H,(H,21,23). The first kappa shape index (κ1) is 18.1. The molecule has 0 radical (unpaired) electrons.